The molecule has 0 aliphatic carbocycles. The minimum absolute atomic E-state index is 0.0435. The standard InChI is InChI=1S/C26H18O6/c1-15-5-3-6-16(11-15)12-22-24(27)19-10-9-18(14-21(19)31-22)30-26(28)23-13-17-7-4-8-20(29-2)25(17)32-23/h3-14H,1-2H3/b22-12-. The maximum absolute atomic E-state index is 12.7. The van der Waals surface area contributed by atoms with Gasteiger partial charge in [-0.25, -0.2) is 4.79 Å². The number of benzene rings is 3. The van der Waals surface area contributed by atoms with Crippen molar-refractivity contribution in [1.82, 2.24) is 0 Å². The van der Waals surface area contributed by atoms with Crippen LogP contribution in [0.1, 0.15) is 32.0 Å². The zero-order valence-electron chi connectivity index (χ0n) is 17.4. The zero-order valence-corrected chi connectivity index (χ0v) is 17.4. The number of rotatable bonds is 4. The van der Waals surface area contributed by atoms with Gasteiger partial charge in [0.25, 0.3) is 0 Å². The molecule has 0 saturated heterocycles. The van der Waals surface area contributed by atoms with Crippen LogP contribution < -0.4 is 14.2 Å². The fourth-order valence-corrected chi connectivity index (χ4v) is 3.60. The van der Waals surface area contributed by atoms with Gasteiger partial charge >= 0.3 is 5.97 Å². The molecule has 4 aromatic rings. The summed E-state index contributed by atoms with van der Waals surface area (Å²) in [4.78, 5) is 25.3. The first-order valence-corrected chi connectivity index (χ1v) is 9.95. The van der Waals surface area contributed by atoms with Crippen LogP contribution in [0.2, 0.25) is 0 Å². The van der Waals surface area contributed by atoms with Gasteiger partial charge in [-0.1, -0.05) is 42.0 Å². The summed E-state index contributed by atoms with van der Waals surface area (Å²) in [7, 11) is 1.53. The number of carbonyl (C=O) groups is 2. The minimum Gasteiger partial charge on any atom is -0.493 e. The predicted molar refractivity (Wildman–Crippen MR) is 118 cm³/mol. The summed E-state index contributed by atoms with van der Waals surface area (Å²) in [6.45, 7) is 1.98. The second kappa shape index (κ2) is 7.74. The molecule has 5 rings (SSSR count). The number of esters is 1. The van der Waals surface area contributed by atoms with Gasteiger partial charge in [0.15, 0.2) is 17.1 Å². The first-order chi connectivity index (χ1) is 15.5. The molecule has 2 heterocycles. The number of ether oxygens (including phenoxy) is 3. The Bertz CT molecular complexity index is 1410. The average Bonchev–Trinajstić information content (AvgIpc) is 3.35. The highest BCUT2D eigenvalue weighted by Gasteiger charge is 2.28. The maximum Gasteiger partial charge on any atom is 0.379 e. The molecule has 0 atom stereocenters. The molecule has 1 aromatic heterocycles. The van der Waals surface area contributed by atoms with Gasteiger partial charge in [-0.3, -0.25) is 4.79 Å². The smallest absolute Gasteiger partial charge is 0.379 e. The van der Waals surface area contributed by atoms with Crippen molar-refractivity contribution in [2.75, 3.05) is 7.11 Å². The first-order valence-electron chi connectivity index (χ1n) is 9.95. The molecule has 158 valence electrons. The normalized spacial score (nSPS) is 13.8. The molecule has 0 spiro atoms. The van der Waals surface area contributed by atoms with Gasteiger partial charge in [0.2, 0.25) is 11.5 Å². The molecule has 0 unspecified atom stereocenters. The number of Topliss-reactive ketones (excluding diaryl/α,β-unsaturated/α-hetero) is 1. The van der Waals surface area contributed by atoms with Gasteiger partial charge in [-0.05, 0) is 42.8 Å². The quantitative estimate of drug-likeness (QED) is 0.241. The van der Waals surface area contributed by atoms with E-state index < -0.39 is 5.97 Å². The van der Waals surface area contributed by atoms with Crippen LogP contribution in [0.4, 0.5) is 0 Å². The van der Waals surface area contributed by atoms with E-state index in [4.69, 9.17) is 18.6 Å². The topological polar surface area (TPSA) is 75.0 Å². The number of carbonyl (C=O) groups excluding carboxylic acids is 2. The highest BCUT2D eigenvalue weighted by molar-refractivity contribution is 6.14. The fraction of sp³-hybridized carbons (Fsp3) is 0.0769. The molecule has 1 aliphatic heterocycles. The molecule has 1 aliphatic rings. The third kappa shape index (κ3) is 3.52. The highest BCUT2D eigenvalue weighted by atomic mass is 16.6. The Balaban J connectivity index is 1.38. The van der Waals surface area contributed by atoms with Gasteiger partial charge in [-0.2, -0.15) is 0 Å². The molecule has 0 amide bonds. The highest BCUT2D eigenvalue weighted by Crippen LogP contribution is 2.35. The molecule has 3 aromatic carbocycles. The number of allylic oxidation sites excluding steroid dienone is 1. The van der Waals surface area contributed by atoms with E-state index in [-0.39, 0.29) is 23.1 Å². The van der Waals surface area contributed by atoms with Gasteiger partial charge in [-0.15, -0.1) is 0 Å². The molecule has 6 heteroatoms. The number of hydrogen-bond acceptors (Lipinski definition) is 6. The summed E-state index contributed by atoms with van der Waals surface area (Å²) in [5, 5.41) is 0.727. The Morgan fingerprint density at radius 2 is 1.84 bits per heavy atom. The van der Waals surface area contributed by atoms with E-state index in [0.29, 0.717) is 22.6 Å². The van der Waals surface area contributed by atoms with E-state index in [1.54, 1.807) is 30.3 Å². The number of ketones is 1. The van der Waals surface area contributed by atoms with Crippen LogP contribution in [-0.2, 0) is 0 Å². The summed E-state index contributed by atoms with van der Waals surface area (Å²) in [6.07, 6.45) is 1.70. The molecule has 6 nitrogen and oxygen atoms in total. The second-order valence-electron chi connectivity index (χ2n) is 7.39. The van der Waals surface area contributed by atoms with E-state index in [0.717, 1.165) is 16.5 Å². The van der Waals surface area contributed by atoms with Crippen molar-refractivity contribution in [2.45, 2.75) is 6.92 Å². The summed E-state index contributed by atoms with van der Waals surface area (Å²) >= 11 is 0. The van der Waals surface area contributed by atoms with Crippen molar-refractivity contribution >= 4 is 28.8 Å². The summed E-state index contributed by atoms with van der Waals surface area (Å²) in [5.41, 5.74) is 2.83. The molecule has 0 fully saturated rings. The molecule has 0 bridgehead atoms. The monoisotopic (exact) mass is 426 g/mol. The Kier molecular flexibility index (Phi) is 4.75. The Morgan fingerprint density at radius 1 is 1.00 bits per heavy atom. The lowest BCUT2D eigenvalue weighted by Gasteiger charge is -2.04. The summed E-state index contributed by atoms with van der Waals surface area (Å²) in [6, 6.07) is 19.4. The fourth-order valence-electron chi connectivity index (χ4n) is 3.60. The Morgan fingerprint density at radius 3 is 2.66 bits per heavy atom. The number of hydrogen-bond donors (Lipinski definition) is 0. The van der Waals surface area contributed by atoms with Crippen molar-refractivity contribution in [2.24, 2.45) is 0 Å². The van der Waals surface area contributed by atoms with Crippen LogP contribution in [0, 0.1) is 6.92 Å². The molecule has 32 heavy (non-hydrogen) atoms. The second-order valence-corrected chi connectivity index (χ2v) is 7.39. The number of methoxy groups -OCH3 is 1. The minimum atomic E-state index is -0.664. The van der Waals surface area contributed by atoms with E-state index in [9.17, 15) is 9.59 Å². The lowest BCUT2D eigenvalue weighted by atomic mass is 10.1. The van der Waals surface area contributed by atoms with E-state index in [1.807, 2.05) is 43.3 Å². The maximum atomic E-state index is 12.7. The third-order valence-electron chi connectivity index (χ3n) is 5.12. The van der Waals surface area contributed by atoms with Crippen LogP contribution in [-0.4, -0.2) is 18.9 Å². The van der Waals surface area contributed by atoms with Crippen molar-refractivity contribution in [3.8, 4) is 17.2 Å². The van der Waals surface area contributed by atoms with Crippen LogP contribution >= 0.6 is 0 Å². The number of furan rings is 1. The predicted octanol–water partition coefficient (Wildman–Crippen LogP) is 5.59. The lowest BCUT2D eigenvalue weighted by Crippen LogP contribution is -2.07. The van der Waals surface area contributed by atoms with Gasteiger partial charge < -0.3 is 18.6 Å². The van der Waals surface area contributed by atoms with Crippen LogP contribution in [0.15, 0.2) is 76.9 Å². The molecule has 0 saturated carbocycles. The van der Waals surface area contributed by atoms with E-state index >= 15 is 0 Å². The third-order valence-corrected chi connectivity index (χ3v) is 5.12. The average molecular weight is 426 g/mol. The van der Waals surface area contributed by atoms with Crippen LogP contribution in [0.5, 0.6) is 17.2 Å². The SMILES string of the molecule is COc1cccc2cc(C(=O)Oc3ccc4c(c3)O/C(=C\c3cccc(C)c3)C4=O)oc12. The zero-order chi connectivity index (χ0) is 22.2. The molecular weight excluding hydrogens is 408 g/mol. The summed E-state index contributed by atoms with van der Waals surface area (Å²) < 4.78 is 22.1. The number of aryl methyl sites for hydroxylation is 1. The van der Waals surface area contributed by atoms with Crippen LogP contribution in [0.3, 0.4) is 0 Å². The molecule has 0 N–H and O–H groups in total. The molecule has 0 radical (unpaired) electrons. The van der Waals surface area contributed by atoms with Gasteiger partial charge in [0.05, 0.1) is 12.7 Å². The van der Waals surface area contributed by atoms with Crippen molar-refractivity contribution < 1.29 is 28.2 Å². The van der Waals surface area contributed by atoms with Crippen molar-refractivity contribution in [1.29, 1.82) is 0 Å². The molecular formula is C26H18O6. The van der Waals surface area contributed by atoms with Crippen molar-refractivity contribution in [3.63, 3.8) is 0 Å². The van der Waals surface area contributed by atoms with Gasteiger partial charge in [0.1, 0.15) is 11.5 Å². The Hall–Kier alpha value is -4.32. The first kappa shape index (κ1) is 19.6. The van der Waals surface area contributed by atoms with Crippen LogP contribution in [0.25, 0.3) is 17.0 Å². The van der Waals surface area contributed by atoms with Gasteiger partial charge in [0, 0.05) is 11.5 Å². The lowest BCUT2D eigenvalue weighted by molar-refractivity contribution is 0.0703. The van der Waals surface area contributed by atoms with Crippen molar-refractivity contribution in [3.05, 3.63) is 94.9 Å². The largest absolute Gasteiger partial charge is 0.493 e. The summed E-state index contributed by atoms with van der Waals surface area (Å²) in [5.74, 6) is 0.488. The number of fused-ring (bicyclic) bond motifs is 2. The van der Waals surface area contributed by atoms with E-state index in [2.05, 4.69) is 0 Å². The van der Waals surface area contributed by atoms with E-state index in [1.165, 1.54) is 13.2 Å². The number of para-hydroxylation sites is 1. The Labute approximate surface area is 183 Å².